The summed E-state index contributed by atoms with van der Waals surface area (Å²) in [5, 5.41) is 2.48. The summed E-state index contributed by atoms with van der Waals surface area (Å²) in [5.41, 5.74) is 6.58. The normalized spacial score (nSPS) is 10.4. The number of nitrogen functional groups attached to an aromatic ring is 1. The lowest BCUT2D eigenvalue weighted by Crippen LogP contribution is -2.13. The monoisotopic (exact) mass is 249 g/mol. The molecule has 1 aromatic heterocycles. The molecule has 0 radical (unpaired) electrons. The number of hydrogen-bond donors (Lipinski definition) is 2. The third kappa shape index (κ3) is 2.32. The van der Waals surface area contributed by atoms with Gasteiger partial charge in [0.25, 0.3) is 5.91 Å². The molecule has 18 heavy (non-hydrogen) atoms. The van der Waals surface area contributed by atoms with Crippen LogP contribution in [0.5, 0.6) is 0 Å². The fourth-order valence-electron chi connectivity index (χ4n) is 1.56. The van der Waals surface area contributed by atoms with E-state index in [9.17, 15) is 9.18 Å². The van der Waals surface area contributed by atoms with Crippen LogP contribution in [0.4, 0.5) is 15.8 Å². The summed E-state index contributed by atoms with van der Waals surface area (Å²) in [4.78, 5) is 15.9. The number of rotatable bonds is 2. The van der Waals surface area contributed by atoms with E-state index in [1.165, 1.54) is 12.1 Å². The Morgan fingerprint density at radius 2 is 2.17 bits per heavy atom. The highest BCUT2D eigenvalue weighted by Gasteiger charge is 2.17. The lowest BCUT2D eigenvalue weighted by molar-refractivity contribution is 0.0994. The van der Waals surface area contributed by atoms with Crippen molar-refractivity contribution in [3.63, 3.8) is 0 Å². The van der Waals surface area contributed by atoms with Crippen LogP contribution in [0.1, 0.15) is 22.1 Å². The zero-order valence-corrected chi connectivity index (χ0v) is 9.95. The molecule has 0 saturated carbocycles. The number of hydrogen-bond acceptors (Lipinski definition) is 4. The highest BCUT2D eigenvalue weighted by atomic mass is 19.1. The van der Waals surface area contributed by atoms with Crippen molar-refractivity contribution in [3.8, 4) is 0 Å². The van der Waals surface area contributed by atoms with E-state index in [1.54, 1.807) is 13.8 Å². The van der Waals surface area contributed by atoms with E-state index in [0.29, 0.717) is 11.6 Å². The Morgan fingerprint density at radius 1 is 1.44 bits per heavy atom. The van der Waals surface area contributed by atoms with Crippen LogP contribution in [0.2, 0.25) is 0 Å². The first-order valence-electron chi connectivity index (χ1n) is 5.28. The largest absolute Gasteiger partial charge is 0.436 e. The highest BCUT2D eigenvalue weighted by molar-refractivity contribution is 6.04. The molecular weight excluding hydrogens is 237 g/mol. The third-order valence-electron chi connectivity index (χ3n) is 2.37. The van der Waals surface area contributed by atoms with Crippen LogP contribution in [0.25, 0.3) is 0 Å². The van der Waals surface area contributed by atoms with Gasteiger partial charge in [0.15, 0.2) is 5.89 Å². The quantitative estimate of drug-likeness (QED) is 0.800. The minimum atomic E-state index is -0.509. The standard InChI is InChI=1S/C12H12FN3O2/c1-6-11(18-7(2)15-6)12(17)16-10-5-8(13)3-4-9(10)14/h3-5H,14H2,1-2H3,(H,16,17). The average molecular weight is 249 g/mol. The van der Waals surface area contributed by atoms with Crippen molar-refractivity contribution in [2.75, 3.05) is 11.1 Å². The summed E-state index contributed by atoms with van der Waals surface area (Å²) in [5.74, 6) is -0.503. The minimum absolute atomic E-state index is 0.0937. The van der Waals surface area contributed by atoms with Gasteiger partial charge in [0, 0.05) is 6.92 Å². The van der Waals surface area contributed by atoms with Gasteiger partial charge in [-0.05, 0) is 25.1 Å². The first kappa shape index (κ1) is 12.1. The minimum Gasteiger partial charge on any atom is -0.436 e. The number of nitrogens with one attached hydrogen (secondary N) is 1. The van der Waals surface area contributed by atoms with Gasteiger partial charge in [-0.15, -0.1) is 0 Å². The van der Waals surface area contributed by atoms with Crippen LogP contribution in [0, 0.1) is 19.7 Å². The highest BCUT2D eigenvalue weighted by Crippen LogP contribution is 2.21. The van der Waals surface area contributed by atoms with Crippen molar-refractivity contribution >= 4 is 17.3 Å². The smallest absolute Gasteiger partial charge is 0.293 e. The molecule has 1 aromatic carbocycles. The first-order chi connectivity index (χ1) is 8.47. The number of oxazole rings is 1. The van der Waals surface area contributed by atoms with Gasteiger partial charge in [-0.1, -0.05) is 0 Å². The van der Waals surface area contributed by atoms with E-state index < -0.39 is 11.7 Å². The second kappa shape index (κ2) is 4.48. The third-order valence-corrected chi connectivity index (χ3v) is 2.37. The Balaban J connectivity index is 2.26. The molecule has 0 saturated heterocycles. The molecule has 5 nitrogen and oxygen atoms in total. The maximum atomic E-state index is 13.0. The van der Waals surface area contributed by atoms with E-state index in [-0.39, 0.29) is 17.1 Å². The van der Waals surface area contributed by atoms with E-state index in [2.05, 4.69) is 10.3 Å². The Kier molecular flexibility index (Phi) is 3.01. The fourth-order valence-corrected chi connectivity index (χ4v) is 1.56. The molecule has 2 rings (SSSR count). The lowest BCUT2D eigenvalue weighted by atomic mass is 10.2. The number of halogens is 1. The molecule has 0 bridgehead atoms. The van der Waals surface area contributed by atoms with Crippen LogP contribution in [-0.4, -0.2) is 10.9 Å². The van der Waals surface area contributed by atoms with Crippen molar-refractivity contribution in [2.45, 2.75) is 13.8 Å². The molecular formula is C12H12FN3O2. The second-order valence-electron chi connectivity index (χ2n) is 3.83. The van der Waals surface area contributed by atoms with Gasteiger partial charge in [-0.25, -0.2) is 9.37 Å². The van der Waals surface area contributed by atoms with Gasteiger partial charge < -0.3 is 15.5 Å². The number of nitrogens with two attached hydrogens (primary N) is 1. The first-order valence-corrected chi connectivity index (χ1v) is 5.28. The van der Waals surface area contributed by atoms with Crippen molar-refractivity contribution in [2.24, 2.45) is 0 Å². The Bertz CT molecular complexity index is 607. The number of aryl methyl sites for hydroxylation is 2. The molecule has 0 aliphatic heterocycles. The Hall–Kier alpha value is -2.37. The average Bonchev–Trinajstić information content (AvgIpc) is 2.63. The van der Waals surface area contributed by atoms with Crippen LogP contribution in [-0.2, 0) is 0 Å². The SMILES string of the molecule is Cc1nc(C)c(C(=O)Nc2cc(F)ccc2N)o1. The zero-order chi connectivity index (χ0) is 13.3. The predicted octanol–water partition coefficient (Wildman–Crippen LogP) is 2.27. The van der Waals surface area contributed by atoms with Gasteiger partial charge in [0.2, 0.25) is 5.76 Å². The summed E-state index contributed by atoms with van der Waals surface area (Å²) < 4.78 is 18.2. The van der Waals surface area contributed by atoms with E-state index >= 15 is 0 Å². The van der Waals surface area contributed by atoms with Gasteiger partial charge >= 0.3 is 0 Å². The van der Waals surface area contributed by atoms with Crippen molar-refractivity contribution in [1.29, 1.82) is 0 Å². The van der Waals surface area contributed by atoms with Crippen LogP contribution < -0.4 is 11.1 Å². The zero-order valence-electron chi connectivity index (χ0n) is 9.95. The number of amides is 1. The summed E-state index contributed by atoms with van der Waals surface area (Å²) >= 11 is 0. The van der Waals surface area contributed by atoms with E-state index in [1.807, 2.05) is 0 Å². The van der Waals surface area contributed by atoms with Gasteiger partial charge in [0.05, 0.1) is 17.1 Å². The number of aromatic nitrogens is 1. The molecule has 1 amide bonds. The van der Waals surface area contributed by atoms with Crippen molar-refractivity contribution < 1.29 is 13.6 Å². The molecule has 0 atom stereocenters. The maximum absolute atomic E-state index is 13.0. The summed E-state index contributed by atoms with van der Waals surface area (Å²) in [6.45, 7) is 3.29. The molecule has 3 N–H and O–H groups in total. The maximum Gasteiger partial charge on any atom is 0.293 e. The molecule has 0 fully saturated rings. The van der Waals surface area contributed by atoms with Gasteiger partial charge in [0.1, 0.15) is 5.82 Å². The molecule has 2 aromatic rings. The number of carbonyl (C=O) groups is 1. The van der Waals surface area contributed by atoms with Crippen LogP contribution in [0.15, 0.2) is 22.6 Å². The molecule has 1 heterocycles. The fraction of sp³-hybridized carbons (Fsp3) is 0.167. The topological polar surface area (TPSA) is 81.2 Å². The van der Waals surface area contributed by atoms with E-state index in [0.717, 1.165) is 6.07 Å². The number of anilines is 2. The number of carbonyl (C=O) groups excluding carboxylic acids is 1. The van der Waals surface area contributed by atoms with Crippen LogP contribution >= 0.6 is 0 Å². The molecule has 0 aliphatic rings. The van der Waals surface area contributed by atoms with Crippen molar-refractivity contribution in [3.05, 3.63) is 41.4 Å². The number of nitrogens with zero attached hydrogens (tertiary/aromatic N) is 1. The van der Waals surface area contributed by atoms with Gasteiger partial charge in [-0.2, -0.15) is 0 Å². The van der Waals surface area contributed by atoms with E-state index in [4.69, 9.17) is 10.2 Å². The number of benzene rings is 1. The summed E-state index contributed by atoms with van der Waals surface area (Å²) in [6, 6.07) is 3.74. The molecule has 6 heteroatoms. The van der Waals surface area contributed by atoms with Crippen molar-refractivity contribution in [1.82, 2.24) is 4.98 Å². The van der Waals surface area contributed by atoms with Gasteiger partial charge in [-0.3, -0.25) is 4.79 Å². The molecule has 0 spiro atoms. The second-order valence-corrected chi connectivity index (χ2v) is 3.83. The Labute approximate surface area is 103 Å². The molecule has 0 unspecified atom stereocenters. The van der Waals surface area contributed by atoms with Crippen LogP contribution in [0.3, 0.4) is 0 Å². The lowest BCUT2D eigenvalue weighted by Gasteiger charge is -2.06. The summed E-state index contributed by atoms with van der Waals surface area (Å²) in [6.07, 6.45) is 0. The molecule has 0 aliphatic carbocycles. The molecule has 94 valence electrons. The predicted molar refractivity (Wildman–Crippen MR) is 64.7 cm³/mol. The Morgan fingerprint density at radius 3 is 2.78 bits per heavy atom. The summed E-state index contributed by atoms with van der Waals surface area (Å²) in [7, 11) is 0.